The van der Waals surface area contributed by atoms with Crippen molar-refractivity contribution in [3.63, 3.8) is 0 Å². The molecular formula is C16H20O5. The van der Waals surface area contributed by atoms with Gasteiger partial charge in [-0.25, -0.2) is 4.79 Å². The van der Waals surface area contributed by atoms with Gasteiger partial charge in [-0.3, -0.25) is 0 Å². The maximum Gasteiger partial charge on any atom is 0.339 e. The van der Waals surface area contributed by atoms with Crippen LogP contribution in [0.4, 0.5) is 0 Å². The van der Waals surface area contributed by atoms with Crippen LogP contribution < -0.4 is 4.74 Å². The molecule has 1 aliphatic heterocycles. The van der Waals surface area contributed by atoms with Crippen LogP contribution in [0.25, 0.3) is 0 Å². The minimum absolute atomic E-state index is 0.289. The zero-order chi connectivity index (χ0) is 15.2. The highest BCUT2D eigenvalue weighted by atomic mass is 16.7. The number of esters is 1. The van der Waals surface area contributed by atoms with Gasteiger partial charge in [-0.15, -0.1) is 0 Å². The molecule has 0 aromatic heterocycles. The summed E-state index contributed by atoms with van der Waals surface area (Å²) in [5.74, 6) is 0.219. The summed E-state index contributed by atoms with van der Waals surface area (Å²) in [6.07, 6.45) is -0.156. The molecule has 1 heterocycles. The normalized spacial score (nSPS) is 25.1. The van der Waals surface area contributed by atoms with Crippen molar-refractivity contribution in [1.82, 2.24) is 0 Å². The molecule has 3 atom stereocenters. The molecular weight excluding hydrogens is 272 g/mol. The molecule has 0 bridgehead atoms. The highest BCUT2D eigenvalue weighted by molar-refractivity contribution is 5.76. The lowest BCUT2D eigenvalue weighted by Gasteiger charge is -2.33. The van der Waals surface area contributed by atoms with E-state index >= 15 is 0 Å². The van der Waals surface area contributed by atoms with Gasteiger partial charge in [0, 0.05) is 7.11 Å². The molecule has 0 fully saturated rings. The first-order chi connectivity index (χ1) is 10.2. The summed E-state index contributed by atoms with van der Waals surface area (Å²) in [4.78, 5) is 12.1. The van der Waals surface area contributed by atoms with Crippen molar-refractivity contribution in [2.75, 3.05) is 13.7 Å². The standard InChI is InChI=1S/C16H20O5/c1-4-19-16(17)15-14(11(2)10-13(18-3)21-15)20-12-8-6-5-7-9-12/h5-10,13-15H,4H2,1-3H3/t13-,14+,15-/m0/s1. The second kappa shape index (κ2) is 7.24. The van der Waals surface area contributed by atoms with Gasteiger partial charge in [-0.1, -0.05) is 18.2 Å². The first kappa shape index (κ1) is 15.5. The fourth-order valence-electron chi connectivity index (χ4n) is 2.13. The van der Waals surface area contributed by atoms with Crippen LogP contribution in [0, 0.1) is 0 Å². The number of ether oxygens (including phenoxy) is 4. The van der Waals surface area contributed by atoms with Crippen molar-refractivity contribution in [3.05, 3.63) is 42.0 Å². The quantitative estimate of drug-likeness (QED) is 0.616. The summed E-state index contributed by atoms with van der Waals surface area (Å²) >= 11 is 0. The Morgan fingerprint density at radius 2 is 2.00 bits per heavy atom. The first-order valence-electron chi connectivity index (χ1n) is 6.90. The fraction of sp³-hybridized carbons (Fsp3) is 0.438. The van der Waals surface area contributed by atoms with Gasteiger partial charge in [0.1, 0.15) is 5.75 Å². The van der Waals surface area contributed by atoms with Crippen molar-refractivity contribution in [1.29, 1.82) is 0 Å². The Kier molecular flexibility index (Phi) is 5.36. The number of carbonyl (C=O) groups excluding carboxylic acids is 1. The Morgan fingerprint density at radius 1 is 1.29 bits per heavy atom. The molecule has 5 nitrogen and oxygen atoms in total. The summed E-state index contributed by atoms with van der Waals surface area (Å²) in [5, 5.41) is 0. The van der Waals surface area contributed by atoms with Crippen LogP contribution in [-0.4, -0.2) is 38.2 Å². The monoisotopic (exact) mass is 292 g/mol. The van der Waals surface area contributed by atoms with Gasteiger partial charge in [-0.2, -0.15) is 0 Å². The van der Waals surface area contributed by atoms with E-state index in [0.29, 0.717) is 5.75 Å². The second-order valence-electron chi connectivity index (χ2n) is 4.68. The molecule has 1 aromatic rings. The summed E-state index contributed by atoms with van der Waals surface area (Å²) in [6.45, 7) is 3.93. The van der Waals surface area contributed by atoms with Crippen molar-refractivity contribution in [2.45, 2.75) is 32.3 Å². The maximum absolute atomic E-state index is 12.1. The minimum Gasteiger partial charge on any atom is -0.483 e. The van der Waals surface area contributed by atoms with Gasteiger partial charge in [-0.05, 0) is 37.6 Å². The van der Waals surface area contributed by atoms with E-state index in [-0.39, 0.29) is 6.61 Å². The third kappa shape index (κ3) is 3.83. The van der Waals surface area contributed by atoms with Crippen LogP contribution in [0.5, 0.6) is 5.75 Å². The highest BCUT2D eigenvalue weighted by Crippen LogP contribution is 2.26. The van der Waals surface area contributed by atoms with Crippen molar-refractivity contribution in [3.8, 4) is 5.75 Å². The summed E-state index contributed by atoms with van der Waals surface area (Å²) in [7, 11) is 1.52. The number of para-hydroxylation sites is 1. The van der Waals surface area contributed by atoms with Crippen LogP contribution in [0.2, 0.25) is 0 Å². The maximum atomic E-state index is 12.1. The number of rotatable bonds is 5. The van der Waals surface area contributed by atoms with E-state index in [1.54, 1.807) is 13.0 Å². The largest absolute Gasteiger partial charge is 0.483 e. The lowest BCUT2D eigenvalue weighted by atomic mass is 10.0. The number of methoxy groups -OCH3 is 1. The van der Waals surface area contributed by atoms with E-state index in [9.17, 15) is 4.79 Å². The van der Waals surface area contributed by atoms with Crippen molar-refractivity contribution in [2.24, 2.45) is 0 Å². The van der Waals surface area contributed by atoms with Gasteiger partial charge in [0.05, 0.1) is 6.61 Å². The van der Waals surface area contributed by atoms with E-state index in [4.69, 9.17) is 18.9 Å². The number of hydrogen-bond acceptors (Lipinski definition) is 5. The number of hydrogen-bond donors (Lipinski definition) is 0. The minimum atomic E-state index is -0.847. The molecule has 114 valence electrons. The molecule has 0 saturated carbocycles. The third-order valence-electron chi connectivity index (χ3n) is 3.16. The predicted octanol–water partition coefficient (Wildman–Crippen LogP) is 2.31. The fourth-order valence-corrected chi connectivity index (χ4v) is 2.13. The Hall–Kier alpha value is -1.85. The van der Waals surface area contributed by atoms with Gasteiger partial charge < -0.3 is 18.9 Å². The number of carbonyl (C=O) groups is 1. The smallest absolute Gasteiger partial charge is 0.339 e. The van der Waals surface area contributed by atoms with E-state index in [1.165, 1.54) is 7.11 Å². The molecule has 5 heteroatoms. The van der Waals surface area contributed by atoms with Gasteiger partial charge in [0.25, 0.3) is 0 Å². The van der Waals surface area contributed by atoms with Gasteiger partial charge in [0.2, 0.25) is 0 Å². The molecule has 21 heavy (non-hydrogen) atoms. The first-order valence-corrected chi connectivity index (χ1v) is 6.90. The molecule has 1 aromatic carbocycles. The van der Waals surface area contributed by atoms with Gasteiger partial charge in [0.15, 0.2) is 18.5 Å². The summed E-state index contributed by atoms with van der Waals surface area (Å²) < 4.78 is 21.7. The van der Waals surface area contributed by atoms with Gasteiger partial charge >= 0.3 is 5.97 Å². The van der Waals surface area contributed by atoms with Crippen LogP contribution in [0.15, 0.2) is 42.0 Å². The summed E-state index contributed by atoms with van der Waals surface area (Å²) in [5.41, 5.74) is 0.870. The highest BCUT2D eigenvalue weighted by Gasteiger charge is 2.39. The Morgan fingerprint density at radius 3 is 2.62 bits per heavy atom. The second-order valence-corrected chi connectivity index (χ2v) is 4.68. The van der Waals surface area contributed by atoms with Crippen LogP contribution >= 0.6 is 0 Å². The lowest BCUT2D eigenvalue weighted by molar-refractivity contribution is -0.190. The number of benzene rings is 1. The molecule has 0 N–H and O–H groups in total. The van der Waals surface area contributed by atoms with Crippen molar-refractivity contribution < 1.29 is 23.7 Å². The van der Waals surface area contributed by atoms with E-state index < -0.39 is 24.5 Å². The predicted molar refractivity (Wildman–Crippen MR) is 76.9 cm³/mol. The zero-order valence-electron chi connectivity index (χ0n) is 12.4. The molecule has 0 unspecified atom stereocenters. The summed E-state index contributed by atoms with van der Waals surface area (Å²) in [6, 6.07) is 9.30. The van der Waals surface area contributed by atoms with Crippen molar-refractivity contribution >= 4 is 5.97 Å². The lowest BCUT2D eigenvalue weighted by Crippen LogP contribution is -2.47. The van der Waals surface area contributed by atoms with Crippen LogP contribution in [0.1, 0.15) is 13.8 Å². The average molecular weight is 292 g/mol. The Balaban J connectivity index is 2.22. The molecule has 2 rings (SSSR count). The zero-order valence-corrected chi connectivity index (χ0v) is 12.4. The van der Waals surface area contributed by atoms with Crippen LogP contribution in [0.3, 0.4) is 0 Å². The third-order valence-corrected chi connectivity index (χ3v) is 3.16. The Bertz CT molecular complexity index is 497. The topological polar surface area (TPSA) is 54.0 Å². The SMILES string of the molecule is CCOC(=O)[C@H]1O[C@H](OC)C=C(C)[C@H]1Oc1ccccc1. The average Bonchev–Trinajstić information content (AvgIpc) is 2.50. The van der Waals surface area contributed by atoms with E-state index in [2.05, 4.69) is 0 Å². The molecule has 0 aliphatic carbocycles. The molecule has 0 amide bonds. The Labute approximate surface area is 124 Å². The van der Waals surface area contributed by atoms with E-state index in [0.717, 1.165) is 5.57 Å². The molecule has 0 spiro atoms. The van der Waals surface area contributed by atoms with Crippen LogP contribution in [-0.2, 0) is 19.0 Å². The molecule has 1 aliphatic rings. The molecule has 0 saturated heterocycles. The van der Waals surface area contributed by atoms with E-state index in [1.807, 2.05) is 37.3 Å². The molecule has 0 radical (unpaired) electrons.